The van der Waals surface area contributed by atoms with E-state index in [1.54, 1.807) is 12.1 Å². The summed E-state index contributed by atoms with van der Waals surface area (Å²) < 4.78 is 14.1. The molecule has 1 aliphatic rings. The minimum atomic E-state index is -0.247. The van der Waals surface area contributed by atoms with Crippen molar-refractivity contribution in [3.8, 4) is 0 Å². The van der Waals surface area contributed by atoms with Crippen LogP contribution in [0.15, 0.2) is 18.2 Å². The van der Waals surface area contributed by atoms with Crippen molar-refractivity contribution in [1.29, 1.82) is 0 Å². The monoisotopic (exact) mass is 296 g/mol. The van der Waals surface area contributed by atoms with E-state index < -0.39 is 0 Å². The van der Waals surface area contributed by atoms with Crippen molar-refractivity contribution >= 4 is 17.2 Å². The highest BCUT2D eigenvalue weighted by Gasteiger charge is 2.24. The highest BCUT2D eigenvalue weighted by atomic mass is 32.1. The Balaban J connectivity index is 2.03. The van der Waals surface area contributed by atoms with Crippen LogP contribution in [0.5, 0.6) is 0 Å². The highest BCUT2D eigenvalue weighted by molar-refractivity contribution is 7.80. The Bertz CT molecular complexity index is 481. The first-order chi connectivity index (χ1) is 9.61. The molecule has 5 heteroatoms. The Morgan fingerprint density at radius 3 is 2.95 bits per heavy atom. The van der Waals surface area contributed by atoms with E-state index >= 15 is 0 Å². The van der Waals surface area contributed by atoms with Crippen LogP contribution >= 0.6 is 12.2 Å². The summed E-state index contributed by atoms with van der Waals surface area (Å²) in [5.74, 6) is -0.247. The van der Waals surface area contributed by atoms with Crippen LogP contribution in [0.4, 0.5) is 4.39 Å². The summed E-state index contributed by atoms with van der Waals surface area (Å²) in [6.07, 6.45) is 4.06. The average molecular weight is 296 g/mol. The summed E-state index contributed by atoms with van der Waals surface area (Å²) in [6, 6.07) is 5.41. The fourth-order valence-electron chi connectivity index (χ4n) is 2.80. The molecule has 0 aromatic heterocycles. The lowest BCUT2D eigenvalue weighted by molar-refractivity contribution is 0.208. The van der Waals surface area contributed by atoms with Gasteiger partial charge in [-0.2, -0.15) is 0 Å². The highest BCUT2D eigenvalue weighted by Crippen LogP contribution is 2.24. The maximum atomic E-state index is 14.1. The molecule has 0 radical (unpaired) electrons. The van der Waals surface area contributed by atoms with Crippen LogP contribution in [-0.2, 0) is 6.54 Å². The molecule has 1 aromatic carbocycles. The Morgan fingerprint density at radius 2 is 2.30 bits per heavy atom. The zero-order valence-electron chi connectivity index (χ0n) is 11.5. The van der Waals surface area contributed by atoms with E-state index in [0.29, 0.717) is 23.7 Å². The molecule has 3 N–H and O–H groups in total. The molecule has 1 aromatic rings. The van der Waals surface area contributed by atoms with Crippen molar-refractivity contribution in [2.45, 2.75) is 38.3 Å². The number of aliphatic hydroxyl groups excluding tert-OH is 1. The predicted octanol–water partition coefficient (Wildman–Crippen LogP) is 2.20. The molecule has 0 bridgehead atoms. The van der Waals surface area contributed by atoms with Crippen LogP contribution in [0.25, 0.3) is 0 Å². The van der Waals surface area contributed by atoms with E-state index in [2.05, 4.69) is 4.90 Å². The van der Waals surface area contributed by atoms with Gasteiger partial charge in [0.25, 0.3) is 0 Å². The Labute approximate surface area is 124 Å². The van der Waals surface area contributed by atoms with Gasteiger partial charge in [-0.05, 0) is 38.3 Å². The summed E-state index contributed by atoms with van der Waals surface area (Å²) in [7, 11) is 0. The van der Waals surface area contributed by atoms with Gasteiger partial charge in [-0.15, -0.1) is 0 Å². The van der Waals surface area contributed by atoms with Gasteiger partial charge in [-0.1, -0.05) is 24.4 Å². The third-order valence-corrected chi connectivity index (χ3v) is 4.14. The summed E-state index contributed by atoms with van der Waals surface area (Å²) in [5, 5.41) is 8.93. The smallest absolute Gasteiger partial charge is 0.128 e. The van der Waals surface area contributed by atoms with Gasteiger partial charge in [0, 0.05) is 30.3 Å². The van der Waals surface area contributed by atoms with Crippen molar-refractivity contribution in [1.82, 2.24) is 4.90 Å². The van der Waals surface area contributed by atoms with Gasteiger partial charge >= 0.3 is 0 Å². The van der Waals surface area contributed by atoms with Gasteiger partial charge in [0.2, 0.25) is 0 Å². The maximum Gasteiger partial charge on any atom is 0.128 e. The number of nitrogens with two attached hydrogens (primary N) is 1. The van der Waals surface area contributed by atoms with Crippen LogP contribution < -0.4 is 5.73 Å². The van der Waals surface area contributed by atoms with Gasteiger partial charge in [-0.3, -0.25) is 4.90 Å². The fraction of sp³-hybridized carbons (Fsp3) is 0.533. The fourth-order valence-corrected chi connectivity index (χ4v) is 2.93. The first-order valence-electron chi connectivity index (χ1n) is 7.05. The molecule has 110 valence electrons. The summed E-state index contributed by atoms with van der Waals surface area (Å²) in [6.45, 7) is 1.83. The van der Waals surface area contributed by atoms with Gasteiger partial charge in [0.05, 0.1) is 0 Å². The first kappa shape index (κ1) is 15.4. The molecule has 2 rings (SSSR count). The van der Waals surface area contributed by atoms with E-state index in [1.807, 2.05) is 0 Å². The molecular weight excluding hydrogens is 275 g/mol. The molecule has 1 fully saturated rings. The average Bonchev–Trinajstić information content (AvgIpc) is 2.85. The Morgan fingerprint density at radius 1 is 1.50 bits per heavy atom. The van der Waals surface area contributed by atoms with E-state index in [4.69, 9.17) is 23.1 Å². The van der Waals surface area contributed by atoms with Crippen molar-refractivity contribution in [3.05, 3.63) is 35.1 Å². The molecule has 3 nitrogen and oxygen atoms in total. The minimum Gasteiger partial charge on any atom is -0.396 e. The number of aliphatic hydroxyl groups is 1. The third-order valence-electron chi connectivity index (χ3n) is 3.91. The summed E-state index contributed by atoms with van der Waals surface area (Å²) >= 11 is 4.85. The lowest BCUT2D eigenvalue weighted by Crippen LogP contribution is -2.29. The predicted molar refractivity (Wildman–Crippen MR) is 82.0 cm³/mol. The maximum absolute atomic E-state index is 14.1. The second kappa shape index (κ2) is 7.11. The topological polar surface area (TPSA) is 49.5 Å². The number of hydrogen-bond donors (Lipinski definition) is 2. The zero-order chi connectivity index (χ0) is 14.5. The van der Waals surface area contributed by atoms with Gasteiger partial charge < -0.3 is 10.8 Å². The van der Waals surface area contributed by atoms with E-state index in [9.17, 15) is 4.39 Å². The second-order valence-corrected chi connectivity index (χ2v) is 5.74. The van der Waals surface area contributed by atoms with Crippen molar-refractivity contribution in [3.63, 3.8) is 0 Å². The number of nitrogens with zero attached hydrogens (tertiary/aromatic N) is 1. The number of thiocarbonyl (C=S) groups is 1. The Hall–Kier alpha value is -1.04. The quantitative estimate of drug-likeness (QED) is 0.790. The molecule has 1 unspecified atom stereocenters. The summed E-state index contributed by atoms with van der Waals surface area (Å²) in [4.78, 5) is 2.52. The van der Waals surface area contributed by atoms with Crippen LogP contribution in [0.2, 0.25) is 0 Å². The van der Waals surface area contributed by atoms with Crippen LogP contribution in [0.1, 0.15) is 36.8 Å². The molecule has 1 heterocycles. The van der Waals surface area contributed by atoms with Crippen LogP contribution in [-0.4, -0.2) is 34.2 Å². The number of rotatable bonds is 6. The van der Waals surface area contributed by atoms with Crippen molar-refractivity contribution < 1.29 is 9.50 Å². The summed E-state index contributed by atoms with van der Waals surface area (Å²) in [5.41, 5.74) is 6.75. The zero-order valence-corrected chi connectivity index (χ0v) is 12.3. The van der Waals surface area contributed by atoms with Crippen molar-refractivity contribution in [2.75, 3.05) is 13.2 Å². The molecule has 1 saturated heterocycles. The van der Waals surface area contributed by atoms with Crippen LogP contribution in [0, 0.1) is 5.82 Å². The van der Waals surface area contributed by atoms with Gasteiger partial charge in [-0.25, -0.2) is 4.39 Å². The first-order valence-corrected chi connectivity index (χ1v) is 7.45. The van der Waals surface area contributed by atoms with Gasteiger partial charge in [0.15, 0.2) is 0 Å². The molecule has 0 amide bonds. The third kappa shape index (κ3) is 3.75. The normalized spacial score (nSPS) is 19.4. The lowest BCUT2D eigenvalue weighted by Gasteiger charge is -2.24. The van der Waals surface area contributed by atoms with Crippen LogP contribution in [0.3, 0.4) is 0 Å². The number of likely N-dealkylation sites (tertiary alicyclic amines) is 1. The molecular formula is C15H21FN2OS. The lowest BCUT2D eigenvalue weighted by atomic mass is 10.1. The molecule has 0 spiro atoms. The number of benzene rings is 1. The van der Waals surface area contributed by atoms with Gasteiger partial charge in [0.1, 0.15) is 10.8 Å². The molecule has 20 heavy (non-hydrogen) atoms. The number of halogens is 1. The number of hydrogen-bond acceptors (Lipinski definition) is 3. The van der Waals surface area contributed by atoms with E-state index in [-0.39, 0.29) is 17.4 Å². The molecule has 0 aliphatic carbocycles. The molecule has 1 atom stereocenters. The van der Waals surface area contributed by atoms with Crippen molar-refractivity contribution in [2.24, 2.45) is 5.73 Å². The second-order valence-electron chi connectivity index (χ2n) is 5.30. The standard InChI is InChI=1S/C15H21FN2OS/c16-14-9-11(15(17)20)5-6-12(14)10-18-7-1-3-13(18)4-2-8-19/h5-6,9,13,19H,1-4,7-8,10H2,(H2,17,20). The minimum absolute atomic E-state index is 0.220. The van der Waals surface area contributed by atoms with E-state index in [1.165, 1.54) is 6.07 Å². The molecule has 0 saturated carbocycles. The van der Waals surface area contributed by atoms with E-state index in [0.717, 1.165) is 32.2 Å². The molecule has 1 aliphatic heterocycles. The Kier molecular flexibility index (Phi) is 5.46. The SMILES string of the molecule is NC(=S)c1ccc(CN2CCCC2CCCO)c(F)c1. The largest absolute Gasteiger partial charge is 0.396 e.